The molecule has 0 amide bonds. The quantitative estimate of drug-likeness (QED) is 0.845. The van der Waals surface area contributed by atoms with E-state index in [2.05, 4.69) is 11.1 Å². The van der Waals surface area contributed by atoms with Crippen molar-refractivity contribution in [2.45, 2.75) is 12.8 Å². The Kier molecular flexibility index (Phi) is 2.52. The van der Waals surface area contributed by atoms with Crippen LogP contribution in [-0.2, 0) is 6.42 Å². The minimum absolute atomic E-state index is 0.277. The number of carbonyl (C=O) groups is 1. The average Bonchev–Trinajstić information content (AvgIpc) is 2.93. The SMILES string of the molecule is O=C(O)c1cc2c([nH]1)/C(=C\c1ccccc1)CC2. The van der Waals surface area contributed by atoms with E-state index < -0.39 is 5.97 Å². The number of aromatic carboxylic acids is 1. The van der Waals surface area contributed by atoms with E-state index in [0.29, 0.717) is 0 Å². The largest absolute Gasteiger partial charge is 0.477 e. The molecule has 1 aliphatic carbocycles. The molecule has 0 radical (unpaired) electrons. The summed E-state index contributed by atoms with van der Waals surface area (Å²) in [7, 11) is 0. The molecule has 1 aromatic heterocycles. The van der Waals surface area contributed by atoms with Crippen LogP contribution in [-0.4, -0.2) is 16.1 Å². The molecule has 1 aromatic carbocycles. The molecule has 0 fully saturated rings. The number of aromatic nitrogens is 1. The fourth-order valence-electron chi connectivity index (χ4n) is 2.39. The number of carboxylic acids is 1. The molecule has 0 saturated heterocycles. The Hall–Kier alpha value is -2.29. The Morgan fingerprint density at radius 1 is 1.22 bits per heavy atom. The van der Waals surface area contributed by atoms with Crippen LogP contribution in [0.2, 0.25) is 0 Å². The van der Waals surface area contributed by atoms with E-state index in [4.69, 9.17) is 5.11 Å². The van der Waals surface area contributed by atoms with E-state index >= 15 is 0 Å². The summed E-state index contributed by atoms with van der Waals surface area (Å²) >= 11 is 0. The molecule has 0 aliphatic heterocycles. The van der Waals surface area contributed by atoms with Gasteiger partial charge in [-0.1, -0.05) is 30.3 Å². The standard InChI is InChI=1S/C15H13NO2/c17-15(18)13-9-12-7-6-11(14(12)16-13)8-10-4-2-1-3-5-10/h1-5,8-9,16H,6-7H2,(H,17,18)/b11-8-. The van der Waals surface area contributed by atoms with Crippen molar-refractivity contribution in [3.05, 3.63) is 58.9 Å². The van der Waals surface area contributed by atoms with Gasteiger partial charge in [-0.3, -0.25) is 0 Å². The summed E-state index contributed by atoms with van der Waals surface area (Å²) in [6.07, 6.45) is 4.00. The van der Waals surface area contributed by atoms with Crippen molar-refractivity contribution >= 4 is 17.6 Å². The van der Waals surface area contributed by atoms with E-state index in [0.717, 1.165) is 29.7 Å². The highest BCUT2D eigenvalue weighted by Crippen LogP contribution is 2.33. The first-order valence-corrected chi connectivity index (χ1v) is 5.95. The third-order valence-corrected chi connectivity index (χ3v) is 3.26. The van der Waals surface area contributed by atoms with Gasteiger partial charge in [0, 0.05) is 5.69 Å². The molecule has 1 heterocycles. The summed E-state index contributed by atoms with van der Waals surface area (Å²) in [4.78, 5) is 13.9. The van der Waals surface area contributed by atoms with Crippen LogP contribution >= 0.6 is 0 Å². The lowest BCUT2D eigenvalue weighted by molar-refractivity contribution is 0.0691. The zero-order chi connectivity index (χ0) is 12.5. The maximum atomic E-state index is 10.9. The molecule has 3 heteroatoms. The van der Waals surface area contributed by atoms with Crippen molar-refractivity contribution in [2.24, 2.45) is 0 Å². The molecular formula is C15H13NO2. The number of aromatic amines is 1. The fraction of sp³-hybridized carbons (Fsp3) is 0.133. The summed E-state index contributed by atoms with van der Waals surface area (Å²) in [6.45, 7) is 0. The molecule has 0 saturated carbocycles. The van der Waals surface area contributed by atoms with Crippen LogP contribution in [0.25, 0.3) is 11.6 Å². The second-order valence-electron chi connectivity index (χ2n) is 4.47. The summed E-state index contributed by atoms with van der Waals surface area (Å²) < 4.78 is 0. The Balaban J connectivity index is 1.99. The van der Waals surface area contributed by atoms with E-state index in [1.54, 1.807) is 6.07 Å². The summed E-state index contributed by atoms with van der Waals surface area (Å²) in [5.74, 6) is -0.900. The topological polar surface area (TPSA) is 53.1 Å². The molecule has 0 unspecified atom stereocenters. The first-order chi connectivity index (χ1) is 8.74. The van der Waals surface area contributed by atoms with E-state index in [1.807, 2.05) is 30.3 Å². The Bertz CT molecular complexity index is 623. The third kappa shape index (κ3) is 1.84. The van der Waals surface area contributed by atoms with Crippen molar-refractivity contribution in [1.29, 1.82) is 0 Å². The molecular weight excluding hydrogens is 226 g/mol. The number of carboxylic acid groups (broad SMARTS) is 1. The van der Waals surface area contributed by atoms with Crippen LogP contribution in [0.5, 0.6) is 0 Å². The van der Waals surface area contributed by atoms with Gasteiger partial charge < -0.3 is 10.1 Å². The Labute approximate surface area is 105 Å². The number of aryl methyl sites for hydroxylation is 1. The number of hydrogen-bond donors (Lipinski definition) is 2. The molecule has 1 aliphatic rings. The molecule has 0 atom stereocenters. The molecule has 0 bridgehead atoms. The van der Waals surface area contributed by atoms with Gasteiger partial charge in [0.15, 0.2) is 0 Å². The van der Waals surface area contributed by atoms with Crippen molar-refractivity contribution in [3.8, 4) is 0 Å². The number of allylic oxidation sites excluding steroid dienone is 1. The number of benzene rings is 1. The maximum Gasteiger partial charge on any atom is 0.352 e. The van der Waals surface area contributed by atoms with Gasteiger partial charge >= 0.3 is 5.97 Å². The fourth-order valence-corrected chi connectivity index (χ4v) is 2.39. The highest BCUT2D eigenvalue weighted by atomic mass is 16.4. The molecule has 3 nitrogen and oxygen atoms in total. The first-order valence-electron chi connectivity index (χ1n) is 5.95. The molecule has 90 valence electrons. The molecule has 0 spiro atoms. The second-order valence-corrected chi connectivity index (χ2v) is 4.47. The summed E-state index contributed by atoms with van der Waals surface area (Å²) in [5, 5.41) is 8.97. The summed E-state index contributed by atoms with van der Waals surface area (Å²) in [6, 6.07) is 11.8. The zero-order valence-corrected chi connectivity index (χ0v) is 9.81. The number of hydrogen-bond acceptors (Lipinski definition) is 1. The lowest BCUT2D eigenvalue weighted by atomic mass is 10.1. The van der Waals surface area contributed by atoms with Gasteiger partial charge in [-0.15, -0.1) is 0 Å². The normalized spacial score (nSPS) is 15.9. The van der Waals surface area contributed by atoms with Gasteiger partial charge in [0.2, 0.25) is 0 Å². The highest BCUT2D eigenvalue weighted by Gasteiger charge is 2.21. The maximum absolute atomic E-state index is 10.9. The highest BCUT2D eigenvalue weighted by molar-refractivity contribution is 5.90. The van der Waals surface area contributed by atoms with Crippen molar-refractivity contribution in [3.63, 3.8) is 0 Å². The first kappa shape index (κ1) is 10.8. The summed E-state index contributed by atoms with van der Waals surface area (Å²) in [5.41, 5.74) is 4.69. The van der Waals surface area contributed by atoms with Gasteiger partial charge in [0.05, 0.1) is 0 Å². The molecule has 18 heavy (non-hydrogen) atoms. The lowest BCUT2D eigenvalue weighted by Gasteiger charge is -1.99. The predicted molar refractivity (Wildman–Crippen MR) is 70.4 cm³/mol. The van der Waals surface area contributed by atoms with E-state index in [1.165, 1.54) is 5.57 Å². The van der Waals surface area contributed by atoms with Crippen LogP contribution in [0.15, 0.2) is 36.4 Å². The second kappa shape index (κ2) is 4.18. The third-order valence-electron chi connectivity index (χ3n) is 3.26. The van der Waals surface area contributed by atoms with Crippen molar-refractivity contribution in [1.82, 2.24) is 4.98 Å². The van der Waals surface area contributed by atoms with Gasteiger partial charge in [-0.05, 0) is 41.7 Å². The Morgan fingerprint density at radius 3 is 2.72 bits per heavy atom. The van der Waals surface area contributed by atoms with Crippen LogP contribution in [0.3, 0.4) is 0 Å². The van der Waals surface area contributed by atoms with Crippen molar-refractivity contribution in [2.75, 3.05) is 0 Å². The van der Waals surface area contributed by atoms with Gasteiger partial charge in [-0.2, -0.15) is 0 Å². The Morgan fingerprint density at radius 2 is 2.00 bits per heavy atom. The van der Waals surface area contributed by atoms with Crippen molar-refractivity contribution < 1.29 is 9.90 Å². The lowest BCUT2D eigenvalue weighted by Crippen LogP contribution is -1.96. The van der Waals surface area contributed by atoms with Crippen LogP contribution in [0, 0.1) is 0 Å². The smallest absolute Gasteiger partial charge is 0.352 e. The average molecular weight is 239 g/mol. The van der Waals surface area contributed by atoms with Crippen LogP contribution in [0.4, 0.5) is 0 Å². The molecule has 2 aromatic rings. The zero-order valence-electron chi connectivity index (χ0n) is 9.81. The monoisotopic (exact) mass is 239 g/mol. The predicted octanol–water partition coefficient (Wildman–Crippen LogP) is 3.20. The minimum atomic E-state index is -0.900. The number of H-pyrrole nitrogens is 1. The minimum Gasteiger partial charge on any atom is -0.477 e. The van der Waals surface area contributed by atoms with Crippen LogP contribution in [0.1, 0.15) is 33.7 Å². The number of nitrogens with one attached hydrogen (secondary N) is 1. The van der Waals surface area contributed by atoms with E-state index in [9.17, 15) is 4.79 Å². The molecule has 3 rings (SSSR count). The van der Waals surface area contributed by atoms with Gasteiger partial charge in [0.1, 0.15) is 5.69 Å². The molecule has 2 N–H and O–H groups in total. The van der Waals surface area contributed by atoms with Crippen LogP contribution < -0.4 is 0 Å². The van der Waals surface area contributed by atoms with Gasteiger partial charge in [-0.25, -0.2) is 4.79 Å². The van der Waals surface area contributed by atoms with E-state index in [-0.39, 0.29) is 5.69 Å². The number of fused-ring (bicyclic) bond motifs is 1. The van der Waals surface area contributed by atoms with Gasteiger partial charge in [0.25, 0.3) is 0 Å². The number of rotatable bonds is 2.